The van der Waals surface area contributed by atoms with Gasteiger partial charge < -0.3 is 19.4 Å². The summed E-state index contributed by atoms with van der Waals surface area (Å²) < 4.78 is 51.1. The molecule has 6 rings (SSSR count). The molecule has 0 aliphatic carbocycles. The summed E-state index contributed by atoms with van der Waals surface area (Å²) in [6.07, 6.45) is 3.52. The van der Waals surface area contributed by atoms with Crippen LogP contribution in [-0.4, -0.2) is 58.0 Å². The van der Waals surface area contributed by atoms with Gasteiger partial charge in [-0.15, -0.1) is 0 Å². The molecule has 0 unspecified atom stereocenters. The molecule has 1 fully saturated rings. The number of hydrogen-bond acceptors (Lipinski definition) is 7. The molecule has 0 saturated carbocycles. The molecule has 1 saturated heterocycles. The molecule has 1 atom stereocenters. The van der Waals surface area contributed by atoms with Crippen molar-refractivity contribution in [2.75, 3.05) is 43.1 Å². The van der Waals surface area contributed by atoms with Gasteiger partial charge in [0.15, 0.2) is 0 Å². The van der Waals surface area contributed by atoms with Crippen molar-refractivity contribution in [1.29, 1.82) is 0 Å². The van der Waals surface area contributed by atoms with Crippen molar-refractivity contribution >= 4 is 56.1 Å². The Balaban J connectivity index is 1.42. The molecule has 0 spiro atoms. The third-order valence-corrected chi connectivity index (χ3v) is 10.8. The standard InChI is InChI=1S/C31H31FN4O5S2/c1-33-31(38)29-24-15-23(26(35(2)42-3)16-27(24)41-30(29)18-6-8-21(32)9-7-18)19-5-4-12-36(17-19)43(39,40)22-10-11-25-20(13-22)14-28(37)34-25/h6-11,13,15-16,19H,4-5,12,14,17H2,1-3H3,(H,33,38)(H,34,37)/t19-/m1/s1. The first-order valence-corrected chi connectivity index (χ1v) is 16.5. The van der Waals surface area contributed by atoms with Crippen LogP contribution in [0.5, 0.6) is 0 Å². The largest absolute Gasteiger partial charge is 0.455 e. The summed E-state index contributed by atoms with van der Waals surface area (Å²) >= 11 is 1.50. The topological polar surface area (TPSA) is 112 Å². The second-order valence-electron chi connectivity index (χ2n) is 10.7. The summed E-state index contributed by atoms with van der Waals surface area (Å²) in [4.78, 5) is 25.2. The van der Waals surface area contributed by atoms with Gasteiger partial charge in [0, 0.05) is 56.1 Å². The average Bonchev–Trinajstić information content (AvgIpc) is 3.58. The van der Waals surface area contributed by atoms with E-state index < -0.39 is 15.8 Å². The third kappa shape index (κ3) is 5.28. The molecule has 1 aromatic heterocycles. The van der Waals surface area contributed by atoms with Crippen molar-refractivity contribution in [3.63, 3.8) is 0 Å². The lowest BCUT2D eigenvalue weighted by Crippen LogP contribution is -2.39. The molecule has 12 heteroatoms. The first-order chi connectivity index (χ1) is 20.6. The summed E-state index contributed by atoms with van der Waals surface area (Å²) in [6, 6.07) is 14.4. The number of furan rings is 1. The Morgan fingerprint density at radius 3 is 2.65 bits per heavy atom. The number of anilines is 2. The fourth-order valence-electron chi connectivity index (χ4n) is 5.93. The Hall–Kier alpha value is -3.87. The molecule has 3 heterocycles. The lowest BCUT2D eigenvalue weighted by Gasteiger charge is -2.34. The molecule has 2 N–H and O–H groups in total. The molecule has 2 aliphatic heterocycles. The molecule has 2 amide bonds. The maximum atomic E-state index is 13.8. The maximum absolute atomic E-state index is 13.8. The minimum Gasteiger partial charge on any atom is -0.455 e. The van der Waals surface area contributed by atoms with E-state index >= 15 is 0 Å². The highest BCUT2D eigenvalue weighted by Gasteiger charge is 2.34. The fourth-order valence-corrected chi connectivity index (χ4v) is 7.86. The highest BCUT2D eigenvalue weighted by atomic mass is 32.2. The van der Waals surface area contributed by atoms with Crippen LogP contribution in [0.4, 0.5) is 15.8 Å². The van der Waals surface area contributed by atoms with Gasteiger partial charge in [-0.05, 0) is 78.4 Å². The summed E-state index contributed by atoms with van der Waals surface area (Å²) in [5, 5.41) is 6.04. The summed E-state index contributed by atoms with van der Waals surface area (Å²) in [6.45, 7) is 0.641. The minimum atomic E-state index is -3.82. The number of piperidine rings is 1. The van der Waals surface area contributed by atoms with Crippen molar-refractivity contribution < 1.29 is 26.8 Å². The van der Waals surface area contributed by atoms with Crippen molar-refractivity contribution in [2.45, 2.75) is 30.1 Å². The van der Waals surface area contributed by atoms with Crippen LogP contribution in [0.15, 0.2) is 63.9 Å². The van der Waals surface area contributed by atoms with E-state index in [1.54, 1.807) is 37.4 Å². The highest BCUT2D eigenvalue weighted by Crippen LogP contribution is 2.43. The van der Waals surface area contributed by atoms with Gasteiger partial charge in [-0.1, -0.05) is 11.9 Å². The molecular formula is C31H31FN4O5S2. The third-order valence-electron chi connectivity index (χ3n) is 8.17. The average molecular weight is 623 g/mol. The van der Waals surface area contributed by atoms with E-state index in [0.29, 0.717) is 52.1 Å². The Morgan fingerprint density at radius 1 is 1.16 bits per heavy atom. The van der Waals surface area contributed by atoms with Crippen LogP contribution in [0.3, 0.4) is 0 Å². The summed E-state index contributed by atoms with van der Waals surface area (Å²) in [5.41, 5.74) is 4.49. The van der Waals surface area contributed by atoms with Gasteiger partial charge in [0.1, 0.15) is 17.2 Å². The Kier molecular flexibility index (Phi) is 7.69. The Bertz CT molecular complexity index is 1860. The number of fused-ring (bicyclic) bond motifs is 2. The Labute approximate surface area is 253 Å². The highest BCUT2D eigenvalue weighted by molar-refractivity contribution is 7.99. The molecule has 4 aromatic rings. The molecule has 3 aromatic carbocycles. The van der Waals surface area contributed by atoms with E-state index in [-0.39, 0.29) is 35.6 Å². The van der Waals surface area contributed by atoms with Crippen LogP contribution in [0.1, 0.15) is 40.2 Å². The minimum absolute atomic E-state index is 0.152. The van der Waals surface area contributed by atoms with Crippen molar-refractivity contribution in [1.82, 2.24) is 9.62 Å². The zero-order valence-electron chi connectivity index (χ0n) is 23.9. The number of rotatable bonds is 7. The van der Waals surface area contributed by atoms with E-state index in [2.05, 4.69) is 10.6 Å². The van der Waals surface area contributed by atoms with Gasteiger partial charge >= 0.3 is 0 Å². The Morgan fingerprint density at radius 2 is 1.93 bits per heavy atom. The number of hydrogen-bond donors (Lipinski definition) is 2. The van der Waals surface area contributed by atoms with Crippen LogP contribution in [0, 0.1) is 5.82 Å². The predicted molar refractivity (Wildman–Crippen MR) is 166 cm³/mol. The van der Waals surface area contributed by atoms with Crippen molar-refractivity contribution in [2.24, 2.45) is 0 Å². The molecule has 9 nitrogen and oxygen atoms in total. The lowest BCUT2D eigenvalue weighted by atomic mass is 9.89. The molecule has 0 bridgehead atoms. The van der Waals surface area contributed by atoms with E-state index in [9.17, 15) is 22.4 Å². The zero-order chi connectivity index (χ0) is 30.5. The number of nitrogens with zero attached hydrogens (tertiary/aromatic N) is 2. The fraction of sp³-hybridized carbons (Fsp3) is 0.290. The van der Waals surface area contributed by atoms with Crippen LogP contribution in [0.25, 0.3) is 22.3 Å². The lowest BCUT2D eigenvalue weighted by molar-refractivity contribution is -0.115. The number of benzene rings is 3. The van der Waals surface area contributed by atoms with Gasteiger partial charge in [0.25, 0.3) is 5.91 Å². The van der Waals surface area contributed by atoms with E-state index in [1.807, 2.05) is 29.7 Å². The first kappa shape index (κ1) is 29.2. The molecular weight excluding hydrogens is 591 g/mol. The maximum Gasteiger partial charge on any atom is 0.255 e. The number of carbonyl (C=O) groups is 2. The quantitative estimate of drug-likeness (QED) is 0.267. The smallest absolute Gasteiger partial charge is 0.255 e. The molecule has 43 heavy (non-hydrogen) atoms. The van der Waals surface area contributed by atoms with Gasteiger partial charge in [0.05, 0.1) is 22.6 Å². The van der Waals surface area contributed by atoms with E-state index in [0.717, 1.165) is 17.7 Å². The number of carbonyl (C=O) groups excluding carboxylic acids is 2. The SMILES string of the molecule is CNC(=O)c1c(-c2ccc(F)cc2)oc2cc(N(C)SC)c([C@@H]3CCCN(S(=O)(=O)c4ccc5c(c4)CC(=O)N5)C3)cc12. The normalized spacial score (nSPS) is 17.1. The molecule has 0 radical (unpaired) electrons. The van der Waals surface area contributed by atoms with E-state index in [1.165, 1.54) is 28.4 Å². The van der Waals surface area contributed by atoms with Gasteiger partial charge in [-0.2, -0.15) is 4.31 Å². The van der Waals surface area contributed by atoms with E-state index in [4.69, 9.17) is 4.42 Å². The first-order valence-electron chi connectivity index (χ1n) is 13.9. The number of sulfonamides is 1. The van der Waals surface area contributed by atoms with Crippen LogP contribution >= 0.6 is 11.9 Å². The number of amides is 2. The van der Waals surface area contributed by atoms with Crippen LogP contribution in [-0.2, 0) is 21.2 Å². The molecule has 224 valence electrons. The monoisotopic (exact) mass is 622 g/mol. The summed E-state index contributed by atoms with van der Waals surface area (Å²) in [5.74, 6) is -0.707. The second kappa shape index (κ2) is 11.3. The van der Waals surface area contributed by atoms with Crippen molar-refractivity contribution in [3.05, 3.63) is 77.1 Å². The predicted octanol–water partition coefficient (Wildman–Crippen LogP) is 5.38. The second-order valence-corrected chi connectivity index (χ2v) is 13.6. The number of nitrogens with one attached hydrogen (secondary N) is 2. The van der Waals surface area contributed by atoms with Gasteiger partial charge in [0.2, 0.25) is 15.9 Å². The number of halogens is 1. The summed E-state index contributed by atoms with van der Waals surface area (Å²) in [7, 11) is -0.353. The molecule has 2 aliphatic rings. The van der Waals surface area contributed by atoms with Crippen molar-refractivity contribution in [3.8, 4) is 11.3 Å². The van der Waals surface area contributed by atoms with Gasteiger partial charge in [-0.3, -0.25) is 9.59 Å². The van der Waals surface area contributed by atoms with Gasteiger partial charge in [-0.25, -0.2) is 12.8 Å². The van der Waals surface area contributed by atoms with Crippen LogP contribution < -0.4 is 14.9 Å². The zero-order valence-corrected chi connectivity index (χ0v) is 25.6. The van der Waals surface area contributed by atoms with Crippen LogP contribution in [0.2, 0.25) is 0 Å².